The Labute approximate surface area is 651 Å². The maximum absolute atomic E-state index is 12.6. The Morgan fingerprint density at radius 1 is 0.453 bits per heavy atom. The van der Waals surface area contributed by atoms with Gasteiger partial charge in [-0.25, -0.2) is 9.00 Å². The summed E-state index contributed by atoms with van der Waals surface area (Å²) >= 11 is 14.3. The molecule has 11 aromatic carbocycles. The van der Waals surface area contributed by atoms with E-state index in [0.717, 1.165) is 40.7 Å². The van der Waals surface area contributed by atoms with Crippen molar-refractivity contribution in [1.29, 1.82) is 0 Å². The lowest BCUT2D eigenvalue weighted by Gasteiger charge is -2.12. The predicted octanol–water partition coefficient (Wildman–Crippen LogP) is 16.7. The second kappa shape index (κ2) is 51.9. The van der Waals surface area contributed by atoms with Gasteiger partial charge < -0.3 is 56.5 Å². The summed E-state index contributed by atoms with van der Waals surface area (Å²) in [5.41, 5.74) is 21.2. The highest BCUT2D eigenvalue weighted by molar-refractivity contribution is 8.35. The number of carbonyl (C=O) groups is 5. The average Bonchev–Trinajstić information content (AvgIpc) is 0.837. The number of anilines is 2. The van der Waals surface area contributed by atoms with Gasteiger partial charge in [0, 0.05) is 116 Å². The van der Waals surface area contributed by atoms with Crippen molar-refractivity contribution in [2.75, 3.05) is 25.6 Å². The molecule has 0 amide bonds. The van der Waals surface area contributed by atoms with Gasteiger partial charge in [0.25, 0.3) is 5.24 Å². The first kappa shape index (κ1) is 91.0. The molecule has 0 fully saturated rings. The minimum absolute atomic E-state index is 0. The number of carbonyl (C=O) groups excluding carboxylic acids is 4. The average molecular weight is 1640 g/mol. The first-order valence-corrected chi connectivity index (χ1v) is 41.7. The van der Waals surface area contributed by atoms with Gasteiger partial charge >= 0.3 is 5.97 Å². The minimum atomic E-state index is -1.67. The zero-order chi connectivity index (χ0) is 76.9. The lowest BCUT2D eigenvalue weighted by molar-refractivity contribution is -0.149. The van der Waals surface area contributed by atoms with Crippen LogP contribution in [0.5, 0.6) is 46.0 Å². The van der Waals surface area contributed by atoms with Crippen molar-refractivity contribution in [3.63, 3.8) is 0 Å². The zero-order valence-electron chi connectivity index (χ0n) is 56.9. The molecule has 0 radical (unpaired) electrons. The van der Waals surface area contributed by atoms with Crippen LogP contribution in [0.4, 0.5) is 11.4 Å². The van der Waals surface area contributed by atoms with Crippen molar-refractivity contribution in [1.82, 2.24) is 0 Å². The van der Waals surface area contributed by atoms with Crippen LogP contribution in [0.15, 0.2) is 290 Å². The monoisotopic (exact) mass is 1630 g/mol. The smallest absolute Gasteiger partial charge is 0.335 e. The van der Waals surface area contributed by atoms with Gasteiger partial charge in [0.2, 0.25) is 9.23 Å². The quantitative estimate of drug-likeness (QED) is 0.0238. The molecule has 0 saturated carbocycles. The van der Waals surface area contributed by atoms with E-state index in [2.05, 4.69) is 63.3 Å². The number of aromatic carboxylic acids is 1. The van der Waals surface area contributed by atoms with Gasteiger partial charge in [-0.05, 0) is 160 Å². The van der Waals surface area contributed by atoms with Gasteiger partial charge in [0.1, 0.15) is 65.0 Å². The highest BCUT2D eigenvalue weighted by Gasteiger charge is 2.15. The fourth-order valence-corrected chi connectivity index (χ4v) is 12.3. The molecular formula is C77H72Cl3N4O14P3S5. The largest absolute Gasteiger partial charge is 0.615 e. The lowest BCUT2D eigenvalue weighted by Crippen LogP contribution is -2.03. The zero-order valence-corrected chi connectivity index (χ0v) is 66.0. The maximum Gasteiger partial charge on any atom is 0.335 e. The summed E-state index contributed by atoms with van der Waals surface area (Å²) in [4.78, 5) is 81.5. The standard InChI is InChI=1S/C37H30O5.C19H16N2O4.C7H5ClO.2C6H5OPS2.CH4NP.CH5N.Cl2OS.H2O/c1-2-35(38)30-23-33(41-31-17-13-26(14-18-31)21-36(39)28-9-5-3-6-10-28)25-34(24-30)42-32-19-15-27(16-20-32)22-37(40)29-11-7-4-8-12-29;20-13-1-5-15(6-2-13)24-17-9-12(19(22)23)10-18(11-17)25-16-7-3-14(21)4-8-16;8-7(9)6-4-2-1-3-5-6;2*7-8(10-9)6-4-2-1-3-5-6;1-2-3;1-2;1-4(2)3;/h3-20,23-25H,2,21-22H2,1H3;1-11H,20-21H2,(H,22,23);1-5H;2*1-5H;3H,1H3;2H2,1H3;;1H2. The predicted molar refractivity (Wildman–Crippen MR) is 441 cm³/mol. The lowest BCUT2D eigenvalue weighted by atomic mass is 10.0. The van der Waals surface area contributed by atoms with Crippen LogP contribution in [0.2, 0.25) is 0 Å². The third-order valence-corrected chi connectivity index (χ3v) is 19.6. The Bertz CT molecular complexity index is 4440. The molecular weight excluding hydrogens is 1560 g/mol. The van der Waals surface area contributed by atoms with Crippen LogP contribution < -0.4 is 56.5 Å². The summed E-state index contributed by atoms with van der Waals surface area (Å²) < 4.78 is 36.0. The molecule has 106 heavy (non-hydrogen) atoms. The van der Waals surface area contributed by atoms with Crippen LogP contribution in [-0.4, -0.2) is 57.4 Å². The number of benzene rings is 11. The van der Waals surface area contributed by atoms with Crippen LogP contribution >= 0.6 is 55.8 Å². The van der Waals surface area contributed by atoms with Gasteiger partial charge in [-0.15, -0.1) is 0 Å². The number of ketones is 3. The number of rotatable bonds is 20. The van der Waals surface area contributed by atoms with E-state index in [1.165, 1.54) is 19.2 Å². The van der Waals surface area contributed by atoms with Crippen LogP contribution in [0, 0.1) is 0 Å². The van der Waals surface area contributed by atoms with E-state index in [-0.39, 0.29) is 28.4 Å². The second-order valence-electron chi connectivity index (χ2n) is 20.6. The molecule has 2 unspecified atom stereocenters. The third kappa shape index (κ3) is 35.7. The van der Waals surface area contributed by atoms with Gasteiger partial charge in [-0.2, -0.15) is 0 Å². The minimum Gasteiger partial charge on any atom is -0.615 e. The molecule has 0 spiro atoms. The van der Waals surface area contributed by atoms with Crippen LogP contribution in [0.3, 0.4) is 0 Å². The molecule has 0 saturated heterocycles. The highest BCUT2D eigenvalue weighted by atomic mass is 36.0. The number of ether oxygens (including phenoxy) is 4. The van der Waals surface area contributed by atoms with Crippen molar-refractivity contribution in [3.8, 4) is 46.0 Å². The molecule has 0 bridgehead atoms. The van der Waals surface area contributed by atoms with E-state index in [9.17, 15) is 38.9 Å². The summed E-state index contributed by atoms with van der Waals surface area (Å²) in [5, 5.41) is 10.5. The summed E-state index contributed by atoms with van der Waals surface area (Å²) in [6.07, 6.45) is 0.932. The Morgan fingerprint density at radius 2 is 0.708 bits per heavy atom. The Balaban J connectivity index is 0.000000381. The molecule has 18 nitrogen and oxygen atoms in total. The first-order valence-electron chi connectivity index (χ1n) is 30.9. The number of halogens is 3. The van der Waals surface area contributed by atoms with Crippen molar-refractivity contribution < 1.29 is 67.5 Å². The molecule has 0 aliphatic heterocycles. The fraction of sp³-hybridized carbons (Fsp3) is 0.0779. The topological polar surface area (TPSA) is 328 Å². The van der Waals surface area contributed by atoms with Gasteiger partial charge in [0.05, 0.1) is 5.56 Å². The molecule has 29 heteroatoms. The van der Waals surface area contributed by atoms with E-state index >= 15 is 0 Å². The number of Topliss-reactive ketones (excluding diaryl/α,β-unsaturated/α-hetero) is 3. The Kier molecular flexibility index (Phi) is 44.6. The van der Waals surface area contributed by atoms with Crippen LogP contribution in [0.25, 0.3) is 0 Å². The van der Waals surface area contributed by atoms with E-state index < -0.39 is 34.3 Å². The SMILES string of the molecule is CCC(=O)c1cc(Oc2ccc(CC(=O)c3ccccc3)cc2)cc(Oc2ccc(CC(=O)c3ccccc3)cc2)c1.CN.CN=P.Nc1ccc(Oc2cc(Oc3ccc(N)cc3)cc(C(=O)O)c2)cc1.O.O=C(Cl)c1ccccc1.O=S(Cl)Cl.[O-][P+](=S=S)c1ccccc1.[O-][P+](=S=S)c1ccccc1. The summed E-state index contributed by atoms with van der Waals surface area (Å²) in [6.45, 7) is -0.977. The summed E-state index contributed by atoms with van der Waals surface area (Å²) in [6, 6.07) is 83.4. The molecule has 0 aromatic heterocycles. The summed E-state index contributed by atoms with van der Waals surface area (Å²) in [7, 11) is 15.3. The van der Waals surface area contributed by atoms with Gasteiger partial charge in [-0.1, -0.05) is 159 Å². The number of hydrogen-bond acceptors (Lipinski definition) is 18. The van der Waals surface area contributed by atoms with Crippen molar-refractivity contribution in [2.45, 2.75) is 26.2 Å². The maximum atomic E-state index is 12.6. The van der Waals surface area contributed by atoms with Gasteiger partial charge in [0.15, 0.2) is 41.8 Å². The van der Waals surface area contributed by atoms with Crippen LogP contribution in [0.1, 0.15) is 76.3 Å². The Hall–Kier alpha value is -9.19. The molecule has 9 N–H and O–H groups in total. The molecule has 2 atom stereocenters. The molecule has 550 valence electrons. The molecule has 0 heterocycles. The van der Waals surface area contributed by atoms with Crippen LogP contribution in [-0.2, 0) is 63.4 Å². The molecule has 11 aromatic rings. The normalized spacial score (nSPS) is 9.91. The van der Waals surface area contributed by atoms with Crippen molar-refractivity contribution >= 4 is 157 Å². The second-order valence-corrected chi connectivity index (χ2v) is 31.9. The number of carboxylic acids is 1. The molecule has 0 aliphatic carbocycles. The number of hydrogen-bond donors (Lipinski definition) is 4. The van der Waals surface area contributed by atoms with E-state index in [4.69, 9.17) is 46.2 Å². The van der Waals surface area contributed by atoms with E-state index in [1.807, 2.05) is 152 Å². The van der Waals surface area contributed by atoms with Gasteiger partial charge in [-0.3, -0.25) is 23.9 Å². The number of nitrogen functional groups attached to an aromatic ring is 2. The third-order valence-electron chi connectivity index (χ3n) is 13.2. The highest BCUT2D eigenvalue weighted by Crippen LogP contribution is 2.34. The fourth-order valence-electron chi connectivity index (χ4n) is 8.41. The van der Waals surface area contributed by atoms with E-state index in [1.54, 1.807) is 135 Å². The first-order chi connectivity index (χ1) is 50.6. The Morgan fingerprint density at radius 3 is 0.953 bits per heavy atom. The summed E-state index contributed by atoms with van der Waals surface area (Å²) in [5.74, 6) is 2.82. The molecule has 11 rings (SSSR count). The number of carboxylic acid groups (broad SMARTS) is 1. The van der Waals surface area contributed by atoms with Crippen molar-refractivity contribution in [3.05, 3.63) is 324 Å². The van der Waals surface area contributed by atoms with Crippen molar-refractivity contribution in [2.24, 2.45) is 10.5 Å². The number of nitrogens with two attached hydrogens (primary N) is 3. The molecule has 0 aliphatic rings. The number of nitrogens with zero attached hydrogens (tertiary/aromatic N) is 1. The van der Waals surface area contributed by atoms with E-state index in [0.29, 0.717) is 98.9 Å².